The molecule has 3 rings (SSSR count). The van der Waals surface area contributed by atoms with Crippen molar-refractivity contribution in [1.29, 1.82) is 5.41 Å². The molecule has 1 saturated carbocycles. The summed E-state index contributed by atoms with van der Waals surface area (Å²) < 4.78 is 5.32. The number of hydrogen-bond acceptors (Lipinski definition) is 5. The fourth-order valence-electron chi connectivity index (χ4n) is 5.24. The van der Waals surface area contributed by atoms with E-state index in [9.17, 15) is 9.90 Å². The predicted molar refractivity (Wildman–Crippen MR) is 121 cm³/mol. The van der Waals surface area contributed by atoms with Gasteiger partial charge < -0.3 is 25.5 Å². The van der Waals surface area contributed by atoms with Gasteiger partial charge in [-0.15, -0.1) is 0 Å². The number of ether oxygens (including phenoxy) is 1. The Balaban J connectivity index is 1.78. The highest BCUT2D eigenvalue weighted by molar-refractivity contribution is 6.36. The minimum Gasteiger partial charge on any atom is -0.495 e. The molecule has 7 heteroatoms. The van der Waals surface area contributed by atoms with Gasteiger partial charge in [0.25, 0.3) is 0 Å². The average molecular weight is 436 g/mol. The smallest absolute Gasteiger partial charge is 0.223 e. The summed E-state index contributed by atoms with van der Waals surface area (Å²) >= 11 is 6.52. The largest absolute Gasteiger partial charge is 0.495 e. The van der Waals surface area contributed by atoms with Crippen LogP contribution in [0.1, 0.15) is 57.4 Å². The van der Waals surface area contributed by atoms with Crippen molar-refractivity contribution < 1.29 is 14.6 Å². The molecular weight excluding hydrogens is 402 g/mol. The van der Waals surface area contributed by atoms with Gasteiger partial charge in [-0.05, 0) is 43.7 Å². The average Bonchev–Trinajstić information content (AvgIpc) is 2.73. The van der Waals surface area contributed by atoms with E-state index in [-0.39, 0.29) is 36.9 Å². The van der Waals surface area contributed by atoms with E-state index in [1.807, 2.05) is 17.9 Å². The number of rotatable bonds is 8. The number of piperidine rings is 1. The van der Waals surface area contributed by atoms with Crippen LogP contribution in [0.25, 0.3) is 0 Å². The lowest BCUT2D eigenvalue weighted by molar-refractivity contribution is -0.142. The van der Waals surface area contributed by atoms with Gasteiger partial charge >= 0.3 is 0 Å². The molecule has 0 aromatic heterocycles. The lowest BCUT2D eigenvalue weighted by Gasteiger charge is -2.48. The Labute approximate surface area is 184 Å². The quantitative estimate of drug-likeness (QED) is 0.530. The third-order valence-electron chi connectivity index (χ3n) is 6.74. The molecule has 6 nitrogen and oxygen atoms in total. The zero-order chi connectivity index (χ0) is 21.8. The summed E-state index contributed by atoms with van der Waals surface area (Å²) in [6.07, 6.45) is 6.41. The zero-order valence-electron chi connectivity index (χ0n) is 18.2. The number of carbonyl (C=O) groups is 1. The van der Waals surface area contributed by atoms with Crippen LogP contribution in [-0.2, 0) is 4.79 Å². The fraction of sp³-hybridized carbons (Fsp3) is 0.652. The van der Waals surface area contributed by atoms with Crippen LogP contribution in [-0.4, -0.2) is 54.5 Å². The van der Waals surface area contributed by atoms with Crippen molar-refractivity contribution in [3.8, 4) is 5.75 Å². The predicted octanol–water partition coefficient (Wildman–Crippen LogP) is 4.33. The Morgan fingerprint density at radius 2 is 2.17 bits per heavy atom. The molecule has 1 aliphatic carbocycles. The summed E-state index contributed by atoms with van der Waals surface area (Å²) in [6, 6.07) is 4.00. The molecule has 1 amide bonds. The van der Waals surface area contributed by atoms with E-state index < -0.39 is 0 Å². The Morgan fingerprint density at radius 3 is 2.83 bits per heavy atom. The topological polar surface area (TPSA) is 85.7 Å². The van der Waals surface area contributed by atoms with Crippen LogP contribution in [0.4, 0.5) is 5.69 Å². The summed E-state index contributed by atoms with van der Waals surface area (Å²) in [5.74, 6) is 0.987. The highest BCUT2D eigenvalue weighted by atomic mass is 35.5. The van der Waals surface area contributed by atoms with Gasteiger partial charge in [0.2, 0.25) is 5.91 Å². The summed E-state index contributed by atoms with van der Waals surface area (Å²) in [6.45, 7) is 2.01. The second-order valence-electron chi connectivity index (χ2n) is 8.66. The number of halogens is 1. The summed E-state index contributed by atoms with van der Waals surface area (Å²) in [5, 5.41) is 21.8. The molecule has 1 aromatic carbocycles. The third kappa shape index (κ3) is 4.59. The number of aliphatic hydroxyl groups excluding tert-OH is 1. The van der Waals surface area contributed by atoms with Crippen LogP contribution in [0.5, 0.6) is 5.75 Å². The van der Waals surface area contributed by atoms with Crippen molar-refractivity contribution in [2.75, 3.05) is 26.1 Å². The van der Waals surface area contributed by atoms with E-state index in [0.29, 0.717) is 34.4 Å². The van der Waals surface area contributed by atoms with E-state index in [1.165, 1.54) is 12.8 Å². The van der Waals surface area contributed by atoms with Gasteiger partial charge in [-0.3, -0.25) is 4.79 Å². The number of methoxy groups -OCH3 is 1. The number of nitrogens with one attached hydrogen (secondary N) is 2. The molecular formula is C23H34ClN3O3. The first-order valence-corrected chi connectivity index (χ1v) is 11.3. The molecule has 0 spiro atoms. The van der Waals surface area contributed by atoms with E-state index in [1.54, 1.807) is 20.2 Å². The van der Waals surface area contributed by atoms with Crippen LogP contribution in [0.3, 0.4) is 0 Å². The molecule has 166 valence electrons. The normalized spacial score (nSPS) is 24.3. The van der Waals surface area contributed by atoms with Gasteiger partial charge in [-0.1, -0.05) is 31.4 Å². The minimum atomic E-state index is -0.287. The molecule has 2 bridgehead atoms. The fourth-order valence-corrected chi connectivity index (χ4v) is 5.58. The maximum absolute atomic E-state index is 13.4. The molecule has 4 unspecified atom stereocenters. The number of amides is 1. The number of anilines is 1. The number of hydrogen-bond donors (Lipinski definition) is 3. The van der Waals surface area contributed by atoms with Crippen LogP contribution in [0.2, 0.25) is 5.02 Å². The van der Waals surface area contributed by atoms with E-state index in [2.05, 4.69) is 5.32 Å². The van der Waals surface area contributed by atoms with Crippen LogP contribution >= 0.6 is 11.6 Å². The Hall–Kier alpha value is -1.79. The van der Waals surface area contributed by atoms with Gasteiger partial charge in [0.05, 0.1) is 12.1 Å². The third-order valence-corrected chi connectivity index (χ3v) is 7.11. The van der Waals surface area contributed by atoms with Gasteiger partial charge in [0.15, 0.2) is 0 Å². The highest BCUT2D eigenvalue weighted by Gasteiger charge is 2.40. The number of benzene rings is 1. The van der Waals surface area contributed by atoms with Crippen LogP contribution < -0.4 is 10.1 Å². The first-order chi connectivity index (χ1) is 14.4. The molecule has 1 saturated heterocycles. The van der Waals surface area contributed by atoms with Gasteiger partial charge in [-0.2, -0.15) is 0 Å². The molecule has 2 fully saturated rings. The number of likely N-dealkylation sites (tertiary alicyclic amines) is 1. The van der Waals surface area contributed by atoms with Gasteiger partial charge in [0, 0.05) is 55.0 Å². The SMILES string of the molecule is CNc1ccc(OC)c(Cl)c1C(=N)C(C)CC(=O)N1C(CCO)CC2CCCC1C2. The lowest BCUT2D eigenvalue weighted by atomic mass is 9.75. The number of aliphatic hydroxyl groups is 1. The van der Waals surface area contributed by atoms with Crippen molar-refractivity contribution >= 4 is 28.9 Å². The van der Waals surface area contributed by atoms with Crippen LogP contribution in [0.15, 0.2) is 12.1 Å². The first-order valence-electron chi connectivity index (χ1n) is 11.0. The zero-order valence-corrected chi connectivity index (χ0v) is 19.0. The maximum Gasteiger partial charge on any atom is 0.223 e. The molecule has 1 aliphatic heterocycles. The highest BCUT2D eigenvalue weighted by Crippen LogP contribution is 2.40. The second kappa shape index (κ2) is 10.0. The Morgan fingerprint density at radius 1 is 1.40 bits per heavy atom. The van der Waals surface area contributed by atoms with Gasteiger partial charge in [-0.25, -0.2) is 0 Å². The summed E-state index contributed by atoms with van der Waals surface area (Å²) in [4.78, 5) is 15.4. The van der Waals surface area contributed by atoms with Crippen molar-refractivity contribution in [2.45, 2.75) is 64.0 Å². The molecule has 2 aliphatic rings. The first kappa shape index (κ1) is 22.9. The van der Waals surface area contributed by atoms with E-state index in [4.69, 9.17) is 21.7 Å². The lowest BCUT2D eigenvalue weighted by Crippen LogP contribution is -2.54. The number of carbonyl (C=O) groups excluding carboxylic acids is 1. The van der Waals surface area contributed by atoms with Crippen molar-refractivity contribution in [3.63, 3.8) is 0 Å². The minimum absolute atomic E-state index is 0.0843. The van der Waals surface area contributed by atoms with E-state index in [0.717, 1.165) is 24.9 Å². The summed E-state index contributed by atoms with van der Waals surface area (Å²) in [5.41, 5.74) is 1.66. The Bertz CT molecular complexity index is 785. The Kier molecular flexibility index (Phi) is 7.64. The van der Waals surface area contributed by atoms with Crippen molar-refractivity contribution in [3.05, 3.63) is 22.7 Å². The van der Waals surface area contributed by atoms with Crippen LogP contribution in [0, 0.1) is 17.2 Å². The molecule has 1 heterocycles. The monoisotopic (exact) mass is 435 g/mol. The van der Waals surface area contributed by atoms with E-state index >= 15 is 0 Å². The molecule has 30 heavy (non-hydrogen) atoms. The molecule has 1 aromatic rings. The molecule has 4 atom stereocenters. The maximum atomic E-state index is 13.4. The molecule has 3 N–H and O–H groups in total. The van der Waals surface area contributed by atoms with Crippen molar-refractivity contribution in [2.24, 2.45) is 11.8 Å². The second-order valence-corrected chi connectivity index (χ2v) is 9.04. The standard InChI is InChI=1S/C23H34ClN3O3/c1-14(23(25)21-18(26-2)7-8-19(30-3)22(21)24)11-20(29)27-16-6-4-5-15(12-16)13-17(27)9-10-28/h7-8,14-17,25-26,28H,4-6,9-13H2,1-3H3. The molecule has 0 radical (unpaired) electrons. The van der Waals surface area contributed by atoms with Crippen molar-refractivity contribution in [1.82, 2.24) is 4.90 Å². The summed E-state index contributed by atoms with van der Waals surface area (Å²) in [7, 11) is 3.34. The number of nitrogens with zero attached hydrogens (tertiary/aromatic N) is 1. The number of fused-ring (bicyclic) bond motifs is 2. The van der Waals surface area contributed by atoms with Gasteiger partial charge in [0.1, 0.15) is 5.75 Å².